The number of hydrogen-bond donors (Lipinski definition) is 2. The highest BCUT2D eigenvalue weighted by atomic mass is 16.6. The summed E-state index contributed by atoms with van der Waals surface area (Å²) in [4.78, 5) is 13.5. The zero-order chi connectivity index (χ0) is 9.84. The molecule has 7 heteroatoms. The highest BCUT2D eigenvalue weighted by Crippen LogP contribution is 2.24. The number of rotatable bonds is 3. The second-order valence-corrected chi connectivity index (χ2v) is 2.15. The van der Waals surface area contributed by atoms with Crippen LogP contribution in [-0.4, -0.2) is 17.0 Å². The Morgan fingerprint density at radius 3 is 2.92 bits per heavy atom. The molecule has 3 N–H and O–H groups in total. The molecule has 1 heterocycles. The first-order valence-electron chi connectivity index (χ1n) is 3.34. The average molecular weight is 184 g/mol. The van der Waals surface area contributed by atoms with Crippen LogP contribution in [0, 0.1) is 10.1 Å². The van der Waals surface area contributed by atoms with Gasteiger partial charge in [0, 0.05) is 0 Å². The average Bonchev–Trinajstić information content (AvgIpc) is 2.16. The van der Waals surface area contributed by atoms with Gasteiger partial charge < -0.3 is 10.2 Å². The molecule has 0 fully saturated rings. The van der Waals surface area contributed by atoms with Gasteiger partial charge in [0.1, 0.15) is 6.20 Å². The minimum atomic E-state index is -0.560. The summed E-state index contributed by atoms with van der Waals surface area (Å²) in [5.41, 5.74) is 2.11. The number of anilines is 1. The van der Waals surface area contributed by atoms with Crippen molar-refractivity contribution >= 4 is 11.5 Å². The molecule has 0 radical (unpaired) electrons. The highest BCUT2D eigenvalue weighted by molar-refractivity contribution is 5.53. The lowest BCUT2D eigenvalue weighted by Crippen LogP contribution is -2.10. The van der Waals surface area contributed by atoms with Gasteiger partial charge in [0.2, 0.25) is 0 Å². The fraction of sp³-hybridized carbons (Fsp3) is 0.167. The lowest BCUT2D eigenvalue weighted by Gasteiger charge is -2.04. The monoisotopic (exact) mass is 184 g/mol. The minimum Gasteiger partial charge on any atom is -0.493 e. The molecule has 0 saturated carbocycles. The van der Waals surface area contributed by atoms with Gasteiger partial charge in [0.25, 0.3) is 5.69 Å². The van der Waals surface area contributed by atoms with E-state index in [0.717, 1.165) is 6.20 Å². The molecule has 70 valence electrons. The van der Waals surface area contributed by atoms with Gasteiger partial charge in [-0.25, -0.2) is 10.8 Å². The summed E-state index contributed by atoms with van der Waals surface area (Å²) in [5, 5.41) is 10.3. The molecule has 0 aliphatic heterocycles. The molecular formula is C6H8N4O3. The van der Waals surface area contributed by atoms with E-state index in [9.17, 15) is 10.1 Å². The fourth-order valence-electron chi connectivity index (χ4n) is 0.798. The summed E-state index contributed by atoms with van der Waals surface area (Å²) in [7, 11) is 1.38. The summed E-state index contributed by atoms with van der Waals surface area (Å²) in [5.74, 6) is 5.58. The third kappa shape index (κ3) is 1.82. The Kier molecular flexibility index (Phi) is 2.60. The molecule has 0 spiro atoms. The molecule has 0 saturated heterocycles. The molecule has 0 bridgehead atoms. The number of nitrogen functional groups attached to an aromatic ring is 1. The molecule has 0 atom stereocenters. The van der Waals surface area contributed by atoms with Gasteiger partial charge in [-0.2, -0.15) is 0 Å². The smallest absolute Gasteiger partial charge is 0.291 e. The Morgan fingerprint density at radius 2 is 2.46 bits per heavy atom. The number of methoxy groups -OCH3 is 1. The van der Waals surface area contributed by atoms with Gasteiger partial charge in [-0.3, -0.25) is 10.1 Å². The van der Waals surface area contributed by atoms with Crippen molar-refractivity contribution in [1.29, 1.82) is 0 Å². The van der Waals surface area contributed by atoms with E-state index in [4.69, 9.17) is 10.6 Å². The number of hydrogen-bond acceptors (Lipinski definition) is 6. The van der Waals surface area contributed by atoms with Gasteiger partial charge >= 0.3 is 0 Å². The topological polar surface area (TPSA) is 103 Å². The normalized spacial score (nSPS) is 9.38. The maximum absolute atomic E-state index is 10.3. The van der Waals surface area contributed by atoms with Crippen LogP contribution in [0.2, 0.25) is 0 Å². The third-order valence-electron chi connectivity index (χ3n) is 1.41. The Balaban J connectivity index is 3.13. The van der Waals surface area contributed by atoms with Gasteiger partial charge in [0.15, 0.2) is 11.6 Å². The quantitative estimate of drug-likeness (QED) is 0.397. The number of nitro groups is 1. The summed E-state index contributed by atoms with van der Waals surface area (Å²) < 4.78 is 4.82. The van der Waals surface area contributed by atoms with Crippen molar-refractivity contribution in [1.82, 2.24) is 4.98 Å². The number of hydrazine groups is 1. The van der Waals surface area contributed by atoms with E-state index < -0.39 is 4.92 Å². The van der Waals surface area contributed by atoms with Crippen LogP contribution in [0.1, 0.15) is 0 Å². The summed E-state index contributed by atoms with van der Waals surface area (Å²) in [6, 6.07) is 1.24. The number of pyridine rings is 1. The molecule has 0 unspecified atom stereocenters. The number of nitrogens with one attached hydrogen (secondary N) is 1. The van der Waals surface area contributed by atoms with E-state index in [1.165, 1.54) is 13.2 Å². The Labute approximate surface area is 73.6 Å². The Hall–Kier alpha value is -1.89. The zero-order valence-corrected chi connectivity index (χ0v) is 6.85. The molecule has 0 aromatic carbocycles. The van der Waals surface area contributed by atoms with Crippen LogP contribution >= 0.6 is 0 Å². The second-order valence-electron chi connectivity index (χ2n) is 2.15. The van der Waals surface area contributed by atoms with Crippen LogP contribution in [0.15, 0.2) is 12.3 Å². The first-order chi connectivity index (χ1) is 6.19. The van der Waals surface area contributed by atoms with Crippen molar-refractivity contribution < 1.29 is 9.66 Å². The van der Waals surface area contributed by atoms with Crippen LogP contribution < -0.4 is 16.0 Å². The fourth-order valence-corrected chi connectivity index (χ4v) is 0.798. The second kappa shape index (κ2) is 3.68. The maximum Gasteiger partial charge on any atom is 0.291 e. The minimum absolute atomic E-state index is 0.143. The first kappa shape index (κ1) is 9.20. The molecule has 0 aliphatic carbocycles. The van der Waals surface area contributed by atoms with Crippen LogP contribution in [0.5, 0.6) is 5.75 Å². The maximum atomic E-state index is 10.3. The number of aromatic nitrogens is 1. The SMILES string of the molecule is COc1cc([N+](=O)[O-])cnc1NN. The van der Waals surface area contributed by atoms with E-state index >= 15 is 0 Å². The lowest BCUT2D eigenvalue weighted by atomic mass is 10.4. The summed E-state index contributed by atoms with van der Waals surface area (Å²) >= 11 is 0. The van der Waals surface area contributed by atoms with Crippen molar-refractivity contribution in [3.63, 3.8) is 0 Å². The van der Waals surface area contributed by atoms with Gasteiger partial charge in [-0.1, -0.05) is 0 Å². The summed E-state index contributed by atoms with van der Waals surface area (Å²) in [6.45, 7) is 0. The van der Waals surface area contributed by atoms with Gasteiger partial charge in [0.05, 0.1) is 18.1 Å². The van der Waals surface area contributed by atoms with E-state index in [1.807, 2.05) is 0 Å². The van der Waals surface area contributed by atoms with Crippen LogP contribution in [0.3, 0.4) is 0 Å². The van der Waals surface area contributed by atoms with Crippen molar-refractivity contribution in [3.8, 4) is 5.75 Å². The number of ether oxygens (including phenoxy) is 1. The van der Waals surface area contributed by atoms with E-state index in [1.54, 1.807) is 0 Å². The molecule has 1 rings (SSSR count). The van der Waals surface area contributed by atoms with Gasteiger partial charge in [-0.15, -0.1) is 0 Å². The lowest BCUT2D eigenvalue weighted by molar-refractivity contribution is -0.385. The van der Waals surface area contributed by atoms with Crippen LogP contribution in [0.4, 0.5) is 11.5 Å². The van der Waals surface area contributed by atoms with Crippen molar-refractivity contribution in [2.75, 3.05) is 12.5 Å². The van der Waals surface area contributed by atoms with Gasteiger partial charge in [-0.05, 0) is 0 Å². The van der Waals surface area contributed by atoms with Crippen LogP contribution in [0.25, 0.3) is 0 Å². The van der Waals surface area contributed by atoms with E-state index in [2.05, 4.69) is 10.4 Å². The van der Waals surface area contributed by atoms with Crippen molar-refractivity contribution in [2.45, 2.75) is 0 Å². The van der Waals surface area contributed by atoms with Crippen molar-refractivity contribution in [2.24, 2.45) is 5.84 Å². The van der Waals surface area contributed by atoms with E-state index in [0.29, 0.717) is 0 Å². The Morgan fingerprint density at radius 1 is 1.77 bits per heavy atom. The number of nitrogens with zero attached hydrogens (tertiary/aromatic N) is 2. The largest absolute Gasteiger partial charge is 0.493 e. The Bertz CT molecular complexity index is 328. The standard InChI is InChI=1S/C6H8N4O3/c1-13-5-2-4(10(11)12)3-8-6(5)9-7/h2-3H,7H2,1H3,(H,8,9). The van der Waals surface area contributed by atoms with E-state index in [-0.39, 0.29) is 17.3 Å². The number of nitrogens with two attached hydrogens (primary N) is 1. The molecule has 7 nitrogen and oxygen atoms in total. The molecule has 13 heavy (non-hydrogen) atoms. The van der Waals surface area contributed by atoms with Crippen molar-refractivity contribution in [3.05, 3.63) is 22.4 Å². The molecule has 1 aromatic heterocycles. The highest BCUT2D eigenvalue weighted by Gasteiger charge is 2.11. The summed E-state index contributed by atoms with van der Waals surface area (Å²) in [6.07, 6.45) is 1.09. The zero-order valence-electron chi connectivity index (χ0n) is 6.85. The molecule has 1 aromatic rings. The first-order valence-corrected chi connectivity index (χ1v) is 3.34. The predicted octanol–water partition coefficient (Wildman–Crippen LogP) is 0.284. The molecule has 0 aliphatic rings. The predicted molar refractivity (Wildman–Crippen MR) is 45.3 cm³/mol. The van der Waals surface area contributed by atoms with Crippen LogP contribution in [-0.2, 0) is 0 Å². The third-order valence-corrected chi connectivity index (χ3v) is 1.41. The molecular weight excluding hydrogens is 176 g/mol. The molecule has 0 amide bonds.